The lowest BCUT2D eigenvalue weighted by molar-refractivity contribution is -0.133. The third kappa shape index (κ3) is 4.94. The highest BCUT2D eigenvalue weighted by Crippen LogP contribution is 2.11. The Bertz CT molecular complexity index is 638. The summed E-state index contributed by atoms with van der Waals surface area (Å²) in [6.45, 7) is 2.92. The van der Waals surface area contributed by atoms with E-state index in [1.54, 1.807) is 11.8 Å². The van der Waals surface area contributed by atoms with Crippen LogP contribution in [-0.4, -0.2) is 71.6 Å². The van der Waals surface area contributed by atoms with Crippen molar-refractivity contribution in [3.05, 3.63) is 5.51 Å². The fourth-order valence-corrected chi connectivity index (χ4v) is 3.73. The van der Waals surface area contributed by atoms with Crippen LogP contribution in [-0.2, 0) is 19.6 Å². The number of hydrogen-bond acceptors (Lipinski definition) is 7. The predicted molar refractivity (Wildman–Crippen MR) is 85.4 cm³/mol. The number of nitrogens with one attached hydrogen (secondary N) is 1. The molecule has 0 aromatic carbocycles. The van der Waals surface area contributed by atoms with E-state index in [1.807, 2.05) is 0 Å². The molecule has 0 unspecified atom stereocenters. The van der Waals surface area contributed by atoms with Crippen molar-refractivity contribution in [2.45, 2.75) is 19.8 Å². The zero-order chi connectivity index (χ0) is 16.9. The van der Waals surface area contributed by atoms with Gasteiger partial charge in [0.15, 0.2) is 0 Å². The van der Waals surface area contributed by atoms with Gasteiger partial charge in [0.05, 0.1) is 5.75 Å². The van der Waals surface area contributed by atoms with Gasteiger partial charge in [0, 0.05) is 39.0 Å². The van der Waals surface area contributed by atoms with E-state index in [0.29, 0.717) is 31.3 Å². The lowest BCUT2D eigenvalue weighted by Gasteiger charge is -2.33. The molecule has 0 radical (unpaired) electrons. The van der Waals surface area contributed by atoms with Gasteiger partial charge >= 0.3 is 0 Å². The van der Waals surface area contributed by atoms with Crippen molar-refractivity contribution >= 4 is 38.3 Å². The van der Waals surface area contributed by atoms with E-state index < -0.39 is 10.0 Å². The van der Waals surface area contributed by atoms with Crippen molar-refractivity contribution in [1.29, 1.82) is 0 Å². The molecule has 2 amide bonds. The summed E-state index contributed by atoms with van der Waals surface area (Å²) in [5.41, 5.74) is 1.50. The molecule has 0 aliphatic carbocycles. The first-order valence-corrected chi connectivity index (χ1v) is 9.73. The molecule has 2 rings (SSSR count). The molecule has 1 N–H and O–H groups in total. The van der Waals surface area contributed by atoms with E-state index in [9.17, 15) is 18.0 Å². The summed E-state index contributed by atoms with van der Waals surface area (Å²) in [5.74, 6) is -0.375. The molecule has 128 valence electrons. The molecule has 1 aliphatic heterocycles. The molecule has 1 aromatic rings. The normalized spacial score (nSPS) is 16.3. The second-order valence-corrected chi connectivity index (χ2v) is 8.06. The van der Waals surface area contributed by atoms with E-state index in [0.717, 1.165) is 0 Å². The van der Waals surface area contributed by atoms with Gasteiger partial charge in [-0.3, -0.25) is 9.59 Å². The number of carbonyl (C=O) groups is 2. The first-order chi connectivity index (χ1) is 10.9. The standard InChI is InChI=1S/C12H19N5O4S2/c1-2-23(20,21)17-7-5-16(6-8-17)11(19)4-3-10(18)14-12-15-13-9-22-12/h9H,2-8H2,1H3,(H,14,15,18). The third-order valence-electron chi connectivity index (χ3n) is 3.52. The molecule has 2 heterocycles. The number of rotatable bonds is 6. The van der Waals surface area contributed by atoms with E-state index in [-0.39, 0.29) is 30.4 Å². The van der Waals surface area contributed by atoms with Crippen molar-refractivity contribution < 1.29 is 18.0 Å². The SMILES string of the molecule is CCS(=O)(=O)N1CCN(C(=O)CCC(=O)Nc2nncs2)CC1. The van der Waals surface area contributed by atoms with Gasteiger partial charge in [-0.2, -0.15) is 4.31 Å². The molecule has 0 atom stereocenters. The first-order valence-electron chi connectivity index (χ1n) is 7.24. The molecule has 9 nitrogen and oxygen atoms in total. The quantitative estimate of drug-likeness (QED) is 0.748. The number of carbonyl (C=O) groups excluding carboxylic acids is 2. The largest absolute Gasteiger partial charge is 0.340 e. The van der Waals surface area contributed by atoms with Gasteiger partial charge in [0.25, 0.3) is 0 Å². The minimum Gasteiger partial charge on any atom is -0.340 e. The van der Waals surface area contributed by atoms with Crippen LogP contribution in [0.2, 0.25) is 0 Å². The minimum absolute atomic E-state index is 0.0614. The molecule has 23 heavy (non-hydrogen) atoms. The highest BCUT2D eigenvalue weighted by molar-refractivity contribution is 7.89. The number of hydrogen-bond donors (Lipinski definition) is 1. The molecule has 1 aromatic heterocycles. The number of sulfonamides is 1. The second kappa shape index (κ2) is 7.79. The Hall–Kier alpha value is -1.59. The van der Waals surface area contributed by atoms with Crippen molar-refractivity contribution in [2.24, 2.45) is 0 Å². The van der Waals surface area contributed by atoms with E-state index in [2.05, 4.69) is 15.5 Å². The maximum atomic E-state index is 12.1. The lowest BCUT2D eigenvalue weighted by atomic mass is 10.2. The molecule has 1 aliphatic rings. The molecule has 0 bridgehead atoms. The van der Waals surface area contributed by atoms with Crippen LogP contribution < -0.4 is 5.32 Å². The predicted octanol–water partition coefficient (Wildman–Crippen LogP) is -0.249. The van der Waals surface area contributed by atoms with Crippen LogP contribution in [0.15, 0.2) is 5.51 Å². The monoisotopic (exact) mass is 361 g/mol. The Balaban J connectivity index is 1.74. The van der Waals surface area contributed by atoms with Crippen LogP contribution in [0.4, 0.5) is 5.13 Å². The van der Waals surface area contributed by atoms with Crippen LogP contribution >= 0.6 is 11.3 Å². The van der Waals surface area contributed by atoms with Gasteiger partial charge in [-0.05, 0) is 6.92 Å². The average Bonchev–Trinajstić information content (AvgIpc) is 3.05. The van der Waals surface area contributed by atoms with Gasteiger partial charge in [-0.1, -0.05) is 11.3 Å². The number of piperazine rings is 1. The summed E-state index contributed by atoms with van der Waals surface area (Å²) in [4.78, 5) is 25.4. The Kier molecular flexibility index (Phi) is 6.02. The van der Waals surface area contributed by atoms with Gasteiger partial charge in [0.1, 0.15) is 5.51 Å². The molecule has 11 heteroatoms. The Morgan fingerprint density at radius 1 is 1.26 bits per heavy atom. The van der Waals surface area contributed by atoms with E-state index in [4.69, 9.17) is 0 Å². The third-order valence-corrected chi connectivity index (χ3v) is 6.01. The van der Waals surface area contributed by atoms with Crippen LogP contribution in [0.3, 0.4) is 0 Å². The molecule has 1 saturated heterocycles. The van der Waals surface area contributed by atoms with E-state index in [1.165, 1.54) is 21.2 Å². The fourth-order valence-electron chi connectivity index (χ4n) is 2.19. The zero-order valence-corrected chi connectivity index (χ0v) is 14.4. The average molecular weight is 361 g/mol. The number of aromatic nitrogens is 2. The maximum absolute atomic E-state index is 12.1. The number of amides is 2. The summed E-state index contributed by atoms with van der Waals surface area (Å²) in [7, 11) is -3.21. The van der Waals surface area contributed by atoms with Crippen LogP contribution in [0.5, 0.6) is 0 Å². The second-order valence-electron chi connectivity index (χ2n) is 4.97. The van der Waals surface area contributed by atoms with Crippen molar-refractivity contribution in [3.63, 3.8) is 0 Å². The zero-order valence-electron chi connectivity index (χ0n) is 12.8. The summed E-state index contributed by atoms with van der Waals surface area (Å²) >= 11 is 1.21. The fraction of sp³-hybridized carbons (Fsp3) is 0.667. The highest BCUT2D eigenvalue weighted by Gasteiger charge is 2.27. The van der Waals surface area contributed by atoms with Gasteiger partial charge in [-0.25, -0.2) is 8.42 Å². The first kappa shape index (κ1) is 17.8. The van der Waals surface area contributed by atoms with Crippen LogP contribution in [0.1, 0.15) is 19.8 Å². The Morgan fingerprint density at radius 3 is 2.52 bits per heavy atom. The highest BCUT2D eigenvalue weighted by atomic mass is 32.2. The molecule has 0 saturated carbocycles. The minimum atomic E-state index is -3.21. The molecular weight excluding hydrogens is 342 g/mol. The number of anilines is 1. The van der Waals surface area contributed by atoms with Gasteiger partial charge in [-0.15, -0.1) is 10.2 Å². The smallest absolute Gasteiger partial charge is 0.226 e. The topological polar surface area (TPSA) is 113 Å². The van der Waals surface area contributed by atoms with Crippen molar-refractivity contribution in [2.75, 3.05) is 37.2 Å². The van der Waals surface area contributed by atoms with E-state index >= 15 is 0 Å². The lowest BCUT2D eigenvalue weighted by Crippen LogP contribution is -2.50. The Labute approximate surface area is 138 Å². The van der Waals surface area contributed by atoms with Gasteiger partial charge in [0.2, 0.25) is 27.0 Å². The Morgan fingerprint density at radius 2 is 1.96 bits per heavy atom. The summed E-state index contributed by atoms with van der Waals surface area (Å²) in [6, 6.07) is 0. The summed E-state index contributed by atoms with van der Waals surface area (Å²) < 4.78 is 24.9. The molecule has 1 fully saturated rings. The van der Waals surface area contributed by atoms with Crippen LogP contribution in [0.25, 0.3) is 0 Å². The van der Waals surface area contributed by atoms with Crippen LogP contribution in [0, 0.1) is 0 Å². The summed E-state index contributed by atoms with van der Waals surface area (Å²) in [5, 5.41) is 10.3. The number of nitrogens with zero attached hydrogens (tertiary/aromatic N) is 4. The van der Waals surface area contributed by atoms with Crippen molar-refractivity contribution in [1.82, 2.24) is 19.4 Å². The molecular formula is C12H19N5O4S2. The molecule has 0 spiro atoms. The summed E-state index contributed by atoms with van der Waals surface area (Å²) in [6.07, 6.45) is 0.150. The van der Waals surface area contributed by atoms with Gasteiger partial charge < -0.3 is 10.2 Å². The van der Waals surface area contributed by atoms with Crippen molar-refractivity contribution in [3.8, 4) is 0 Å². The maximum Gasteiger partial charge on any atom is 0.226 e.